The van der Waals surface area contributed by atoms with Crippen LogP contribution in [0.25, 0.3) is 0 Å². The zero-order valence-corrected chi connectivity index (χ0v) is 19.6. The summed E-state index contributed by atoms with van der Waals surface area (Å²) in [7, 11) is -3.41. The van der Waals surface area contributed by atoms with E-state index in [0.29, 0.717) is 24.5 Å². The predicted molar refractivity (Wildman–Crippen MR) is 123 cm³/mol. The lowest BCUT2D eigenvalue weighted by Crippen LogP contribution is -2.50. The molecule has 4 rings (SSSR count). The molecule has 2 bridgehead atoms. The molecule has 0 radical (unpaired) electrons. The molecule has 2 aliphatic heterocycles. The first-order valence-corrected chi connectivity index (χ1v) is 13.4. The van der Waals surface area contributed by atoms with Crippen molar-refractivity contribution in [3.8, 4) is 0 Å². The lowest BCUT2D eigenvalue weighted by molar-refractivity contribution is -0.136. The first kappa shape index (κ1) is 24.7. The second-order valence-electron chi connectivity index (χ2n) is 9.47. The van der Waals surface area contributed by atoms with Gasteiger partial charge in [0.25, 0.3) is 0 Å². The highest BCUT2D eigenvalue weighted by Gasteiger charge is 2.44. The van der Waals surface area contributed by atoms with Gasteiger partial charge in [-0.3, -0.25) is 4.79 Å². The molecule has 3 atom stereocenters. The molecule has 2 aromatic rings. The maximum atomic E-state index is 14.0. The zero-order valence-electron chi connectivity index (χ0n) is 18.8. The standard InChI is InChI=1S/C25H29F3N2O3S/c26-21-14-23(28)22(27)12-17(21)13-24(29)18-10-19-6-7-20(11-18)30(19)25(31)8-9-34(32,33)15-16-4-2-1-3-5-16/h1-5,12,14,18-20,24H,6-11,13,15,29H2/t18?,19?,20?,24-/m1/s1. The van der Waals surface area contributed by atoms with Crippen LogP contribution in [-0.4, -0.2) is 43.1 Å². The van der Waals surface area contributed by atoms with Crippen LogP contribution >= 0.6 is 0 Å². The molecule has 5 nitrogen and oxygen atoms in total. The van der Waals surface area contributed by atoms with Gasteiger partial charge >= 0.3 is 0 Å². The van der Waals surface area contributed by atoms with Gasteiger partial charge in [0.05, 0.1) is 11.5 Å². The van der Waals surface area contributed by atoms with Crippen molar-refractivity contribution in [2.75, 3.05) is 5.75 Å². The Labute approximate surface area is 198 Å². The van der Waals surface area contributed by atoms with Crippen molar-refractivity contribution < 1.29 is 26.4 Å². The van der Waals surface area contributed by atoms with Crippen LogP contribution < -0.4 is 5.73 Å². The second-order valence-corrected chi connectivity index (χ2v) is 11.7. The number of carbonyl (C=O) groups excluding carboxylic acids is 1. The van der Waals surface area contributed by atoms with E-state index in [-0.39, 0.29) is 53.8 Å². The second kappa shape index (κ2) is 10.1. The summed E-state index contributed by atoms with van der Waals surface area (Å²) in [5, 5.41) is 0. The molecule has 0 aromatic heterocycles. The van der Waals surface area contributed by atoms with Crippen LogP contribution in [0.15, 0.2) is 42.5 Å². The van der Waals surface area contributed by atoms with Gasteiger partial charge < -0.3 is 10.6 Å². The average Bonchev–Trinajstić information content (AvgIpc) is 3.05. The Kier molecular flexibility index (Phi) is 7.33. The topological polar surface area (TPSA) is 80.5 Å². The minimum atomic E-state index is -3.41. The third-order valence-electron chi connectivity index (χ3n) is 7.06. The Balaban J connectivity index is 1.33. The molecular weight excluding hydrogens is 465 g/mol. The number of amides is 1. The van der Waals surface area contributed by atoms with Crippen molar-refractivity contribution >= 4 is 15.7 Å². The number of rotatable bonds is 8. The molecule has 2 saturated heterocycles. The van der Waals surface area contributed by atoms with Crippen molar-refractivity contribution in [3.05, 3.63) is 71.0 Å². The summed E-state index contributed by atoms with van der Waals surface area (Å²) in [4.78, 5) is 14.8. The molecular formula is C25H29F3N2O3S. The van der Waals surface area contributed by atoms with Crippen LogP contribution in [0.3, 0.4) is 0 Å². The zero-order chi connectivity index (χ0) is 24.5. The van der Waals surface area contributed by atoms with Gasteiger partial charge in [-0.15, -0.1) is 0 Å². The van der Waals surface area contributed by atoms with Crippen molar-refractivity contribution in [1.82, 2.24) is 4.90 Å². The number of hydrogen-bond acceptors (Lipinski definition) is 4. The van der Waals surface area contributed by atoms with E-state index in [1.54, 1.807) is 24.3 Å². The molecule has 184 valence electrons. The maximum Gasteiger partial charge on any atom is 0.224 e. The van der Waals surface area contributed by atoms with Gasteiger partial charge in [0.1, 0.15) is 5.82 Å². The Morgan fingerprint density at radius 1 is 1.00 bits per heavy atom. The summed E-state index contributed by atoms with van der Waals surface area (Å²) >= 11 is 0. The van der Waals surface area contributed by atoms with Gasteiger partial charge in [-0.25, -0.2) is 21.6 Å². The van der Waals surface area contributed by atoms with E-state index in [0.717, 1.165) is 18.9 Å². The van der Waals surface area contributed by atoms with Gasteiger partial charge in [0, 0.05) is 30.6 Å². The van der Waals surface area contributed by atoms with Crippen LogP contribution in [0.2, 0.25) is 0 Å². The monoisotopic (exact) mass is 494 g/mol. The summed E-state index contributed by atoms with van der Waals surface area (Å²) in [6.07, 6.45) is 2.92. The third kappa shape index (κ3) is 5.63. The number of benzene rings is 2. The van der Waals surface area contributed by atoms with Crippen LogP contribution in [0.5, 0.6) is 0 Å². The fraction of sp³-hybridized carbons (Fsp3) is 0.480. The lowest BCUT2D eigenvalue weighted by atomic mass is 9.82. The summed E-state index contributed by atoms with van der Waals surface area (Å²) in [6, 6.07) is 9.75. The Morgan fingerprint density at radius 2 is 1.62 bits per heavy atom. The van der Waals surface area contributed by atoms with Crippen LogP contribution in [0.1, 0.15) is 43.2 Å². The summed E-state index contributed by atoms with van der Waals surface area (Å²) in [5.74, 6) is -3.60. The SMILES string of the molecule is N[C@H](Cc1cc(F)c(F)cc1F)C1CC2CCC(C1)N2C(=O)CCS(=O)(=O)Cc1ccccc1. The molecule has 2 unspecified atom stereocenters. The average molecular weight is 495 g/mol. The molecule has 34 heavy (non-hydrogen) atoms. The highest BCUT2D eigenvalue weighted by atomic mass is 32.2. The summed E-state index contributed by atoms with van der Waals surface area (Å²) < 4.78 is 65.8. The minimum absolute atomic E-state index is 0.0101. The van der Waals surface area contributed by atoms with Crippen molar-refractivity contribution in [2.24, 2.45) is 11.7 Å². The highest BCUT2D eigenvalue weighted by Crippen LogP contribution is 2.40. The van der Waals surface area contributed by atoms with E-state index in [1.165, 1.54) is 0 Å². The summed E-state index contributed by atoms with van der Waals surface area (Å²) in [5.41, 5.74) is 7.07. The highest BCUT2D eigenvalue weighted by molar-refractivity contribution is 7.90. The smallest absolute Gasteiger partial charge is 0.224 e. The van der Waals surface area contributed by atoms with Gasteiger partial charge in [-0.1, -0.05) is 30.3 Å². The molecule has 2 heterocycles. The summed E-state index contributed by atoms with van der Waals surface area (Å²) in [6.45, 7) is 0. The fourth-order valence-corrected chi connectivity index (χ4v) is 6.72. The predicted octanol–water partition coefficient (Wildman–Crippen LogP) is 3.75. The maximum absolute atomic E-state index is 14.0. The van der Waals surface area contributed by atoms with Gasteiger partial charge in [-0.05, 0) is 55.2 Å². The lowest BCUT2D eigenvalue weighted by Gasteiger charge is -2.41. The Bertz CT molecular complexity index is 1130. The van der Waals surface area contributed by atoms with E-state index in [2.05, 4.69) is 0 Å². The van der Waals surface area contributed by atoms with Crippen molar-refractivity contribution in [1.29, 1.82) is 0 Å². The van der Waals surface area contributed by atoms with E-state index in [9.17, 15) is 26.4 Å². The molecule has 9 heteroatoms. The molecule has 2 fully saturated rings. The van der Waals surface area contributed by atoms with Crippen molar-refractivity contribution in [3.63, 3.8) is 0 Å². The van der Waals surface area contributed by atoms with E-state index < -0.39 is 33.3 Å². The molecule has 0 saturated carbocycles. The molecule has 2 aromatic carbocycles. The Morgan fingerprint density at radius 3 is 2.26 bits per heavy atom. The number of sulfone groups is 1. The van der Waals surface area contributed by atoms with Crippen molar-refractivity contribution in [2.45, 2.75) is 62.4 Å². The van der Waals surface area contributed by atoms with Gasteiger partial charge in [0.2, 0.25) is 5.91 Å². The quantitative estimate of drug-likeness (QED) is 0.567. The van der Waals surface area contributed by atoms with Crippen LogP contribution in [0.4, 0.5) is 13.2 Å². The van der Waals surface area contributed by atoms with E-state index >= 15 is 0 Å². The molecule has 0 aliphatic carbocycles. The number of nitrogens with zero attached hydrogens (tertiary/aromatic N) is 1. The largest absolute Gasteiger partial charge is 0.337 e. The number of piperidine rings is 1. The number of nitrogens with two attached hydrogens (primary N) is 1. The van der Waals surface area contributed by atoms with Gasteiger partial charge in [0.15, 0.2) is 21.5 Å². The molecule has 2 aliphatic rings. The van der Waals surface area contributed by atoms with Crippen LogP contribution in [-0.2, 0) is 26.8 Å². The number of hydrogen-bond donors (Lipinski definition) is 1. The normalized spacial score (nSPS) is 23.2. The third-order valence-corrected chi connectivity index (χ3v) is 8.66. The van der Waals surface area contributed by atoms with Gasteiger partial charge in [-0.2, -0.15) is 0 Å². The first-order valence-electron chi connectivity index (χ1n) is 11.6. The van der Waals surface area contributed by atoms with E-state index in [1.807, 2.05) is 11.0 Å². The minimum Gasteiger partial charge on any atom is -0.337 e. The molecule has 2 N–H and O–H groups in total. The molecule has 0 spiro atoms. The fourth-order valence-electron chi connectivity index (χ4n) is 5.39. The number of fused-ring (bicyclic) bond motifs is 2. The number of halogens is 3. The molecule has 1 amide bonds. The Hall–Kier alpha value is -2.39. The number of carbonyl (C=O) groups is 1. The first-order chi connectivity index (χ1) is 16.1. The van der Waals surface area contributed by atoms with E-state index in [4.69, 9.17) is 5.73 Å². The van der Waals surface area contributed by atoms with Crippen LogP contribution in [0, 0.1) is 23.4 Å².